The van der Waals surface area contributed by atoms with E-state index in [1.165, 1.54) is 18.3 Å². The summed E-state index contributed by atoms with van der Waals surface area (Å²) in [6.07, 6.45) is 3.85. The fourth-order valence-electron chi connectivity index (χ4n) is 1.62. The quantitative estimate of drug-likeness (QED) is 0.330. The molecule has 0 saturated carbocycles. The molecule has 1 rings (SSSR count). The number of nitriles is 1. The summed E-state index contributed by atoms with van der Waals surface area (Å²) in [5.74, 6) is -0.497. The number of benzene rings is 1. The van der Waals surface area contributed by atoms with Gasteiger partial charge in [-0.2, -0.15) is 5.26 Å². The van der Waals surface area contributed by atoms with Crippen molar-refractivity contribution in [3.63, 3.8) is 0 Å². The van der Waals surface area contributed by atoms with Gasteiger partial charge in [0, 0.05) is 31.1 Å². The largest absolute Gasteiger partial charge is 0.508 e. The van der Waals surface area contributed by atoms with Crippen molar-refractivity contribution in [1.29, 1.82) is 5.26 Å². The number of amides is 1. The van der Waals surface area contributed by atoms with Gasteiger partial charge in [-0.1, -0.05) is 6.07 Å². The minimum absolute atomic E-state index is 0.0392. The van der Waals surface area contributed by atoms with Gasteiger partial charge in [0.15, 0.2) is 0 Å². The van der Waals surface area contributed by atoms with Crippen molar-refractivity contribution < 1.29 is 15.0 Å². The molecule has 6 heteroatoms. The average molecular weight is 289 g/mol. The minimum atomic E-state index is -0.536. The van der Waals surface area contributed by atoms with E-state index in [1.54, 1.807) is 12.1 Å². The van der Waals surface area contributed by atoms with E-state index < -0.39 is 5.91 Å². The number of phenols is 1. The number of unbranched alkanes of at least 4 members (excludes halogenated alkanes) is 2. The third-order valence-corrected chi connectivity index (χ3v) is 2.69. The number of carbonyl (C=O) groups excluding carboxylic acids is 1. The van der Waals surface area contributed by atoms with Crippen LogP contribution in [0.2, 0.25) is 0 Å². The number of hydrogen-bond acceptors (Lipinski definition) is 5. The van der Waals surface area contributed by atoms with Crippen molar-refractivity contribution in [2.24, 2.45) is 0 Å². The summed E-state index contributed by atoms with van der Waals surface area (Å²) in [4.78, 5) is 11.9. The molecule has 1 amide bonds. The second-order valence-corrected chi connectivity index (χ2v) is 4.41. The van der Waals surface area contributed by atoms with Crippen LogP contribution in [0.1, 0.15) is 19.3 Å². The zero-order chi connectivity index (χ0) is 15.5. The molecule has 0 bridgehead atoms. The molecule has 4 N–H and O–H groups in total. The molecule has 21 heavy (non-hydrogen) atoms. The average Bonchev–Trinajstić information content (AvgIpc) is 2.46. The standard InChI is InChI=1S/C15H19N3O3/c16-10-12(11-17-7-2-1-3-8-19)15(21)18-13-5-4-6-14(20)9-13/h4-6,9,11,17,19-20H,1-3,7-8H2,(H,18,21)/b12-11-. The maximum atomic E-state index is 11.9. The van der Waals surface area contributed by atoms with Crippen molar-refractivity contribution >= 4 is 11.6 Å². The van der Waals surface area contributed by atoms with E-state index in [-0.39, 0.29) is 17.9 Å². The number of carbonyl (C=O) groups is 1. The van der Waals surface area contributed by atoms with E-state index in [0.29, 0.717) is 12.2 Å². The lowest BCUT2D eigenvalue weighted by Crippen LogP contribution is -2.17. The normalized spacial score (nSPS) is 10.8. The number of anilines is 1. The number of nitrogens with zero attached hydrogens (tertiary/aromatic N) is 1. The van der Waals surface area contributed by atoms with Gasteiger partial charge in [-0.3, -0.25) is 4.79 Å². The Morgan fingerprint density at radius 1 is 1.33 bits per heavy atom. The van der Waals surface area contributed by atoms with Crippen LogP contribution >= 0.6 is 0 Å². The molecule has 0 spiro atoms. The Bertz CT molecular complexity index is 535. The van der Waals surface area contributed by atoms with Crippen molar-refractivity contribution in [2.75, 3.05) is 18.5 Å². The first-order valence-corrected chi connectivity index (χ1v) is 6.72. The first kappa shape index (κ1) is 16.5. The van der Waals surface area contributed by atoms with Gasteiger partial charge in [-0.15, -0.1) is 0 Å². The summed E-state index contributed by atoms with van der Waals surface area (Å²) in [5, 5.41) is 32.3. The first-order valence-electron chi connectivity index (χ1n) is 6.72. The van der Waals surface area contributed by atoms with Crippen LogP contribution in [0.15, 0.2) is 36.0 Å². The number of hydrogen-bond donors (Lipinski definition) is 4. The SMILES string of the molecule is N#C/C(=C/NCCCCCO)C(=O)Nc1cccc(O)c1. The van der Waals surface area contributed by atoms with Crippen LogP contribution in [0.25, 0.3) is 0 Å². The molecular formula is C15H19N3O3. The van der Waals surface area contributed by atoms with Crippen molar-refractivity contribution in [2.45, 2.75) is 19.3 Å². The molecule has 0 heterocycles. The molecule has 0 radical (unpaired) electrons. The van der Waals surface area contributed by atoms with E-state index in [4.69, 9.17) is 10.4 Å². The van der Waals surface area contributed by atoms with Crippen LogP contribution in [-0.4, -0.2) is 29.3 Å². The fraction of sp³-hybridized carbons (Fsp3) is 0.333. The van der Waals surface area contributed by atoms with E-state index >= 15 is 0 Å². The molecule has 0 aliphatic carbocycles. The van der Waals surface area contributed by atoms with Crippen molar-refractivity contribution in [3.8, 4) is 11.8 Å². The molecule has 0 saturated heterocycles. The Morgan fingerprint density at radius 3 is 2.81 bits per heavy atom. The Labute approximate surface area is 123 Å². The Hall–Kier alpha value is -2.52. The summed E-state index contributed by atoms with van der Waals surface area (Å²) < 4.78 is 0. The molecule has 0 atom stereocenters. The number of aliphatic hydroxyl groups is 1. The molecule has 1 aromatic rings. The monoisotopic (exact) mass is 289 g/mol. The van der Waals surface area contributed by atoms with E-state index in [0.717, 1.165) is 19.3 Å². The van der Waals surface area contributed by atoms with Crippen molar-refractivity contribution in [1.82, 2.24) is 5.32 Å². The summed E-state index contributed by atoms with van der Waals surface area (Å²) in [6, 6.07) is 7.93. The Morgan fingerprint density at radius 2 is 2.14 bits per heavy atom. The molecule has 1 aromatic carbocycles. The van der Waals surface area contributed by atoms with Gasteiger partial charge in [0.1, 0.15) is 17.4 Å². The van der Waals surface area contributed by atoms with Crippen LogP contribution < -0.4 is 10.6 Å². The maximum Gasteiger partial charge on any atom is 0.267 e. The summed E-state index contributed by atoms with van der Waals surface area (Å²) in [5.41, 5.74) is 0.379. The third-order valence-electron chi connectivity index (χ3n) is 2.69. The van der Waals surface area contributed by atoms with Crippen LogP contribution in [0, 0.1) is 11.3 Å². The predicted molar refractivity (Wildman–Crippen MR) is 79.4 cm³/mol. The van der Waals surface area contributed by atoms with Gasteiger partial charge >= 0.3 is 0 Å². The fourth-order valence-corrected chi connectivity index (χ4v) is 1.62. The topological polar surface area (TPSA) is 105 Å². The Balaban J connectivity index is 2.47. The first-order chi connectivity index (χ1) is 10.2. The van der Waals surface area contributed by atoms with Gasteiger partial charge in [-0.25, -0.2) is 0 Å². The van der Waals surface area contributed by atoms with E-state index in [1.807, 2.05) is 6.07 Å². The van der Waals surface area contributed by atoms with Crippen LogP contribution in [0.3, 0.4) is 0 Å². The molecular weight excluding hydrogens is 270 g/mol. The molecule has 6 nitrogen and oxygen atoms in total. The molecule has 0 aliphatic rings. The zero-order valence-corrected chi connectivity index (χ0v) is 11.7. The second-order valence-electron chi connectivity index (χ2n) is 4.41. The van der Waals surface area contributed by atoms with Gasteiger partial charge in [0.25, 0.3) is 5.91 Å². The van der Waals surface area contributed by atoms with E-state index in [2.05, 4.69) is 10.6 Å². The molecule has 0 aromatic heterocycles. The van der Waals surface area contributed by atoms with E-state index in [9.17, 15) is 9.90 Å². The number of rotatable bonds is 8. The maximum absolute atomic E-state index is 11.9. The highest BCUT2D eigenvalue weighted by atomic mass is 16.3. The highest BCUT2D eigenvalue weighted by Crippen LogP contribution is 2.15. The van der Waals surface area contributed by atoms with Crippen molar-refractivity contribution in [3.05, 3.63) is 36.0 Å². The molecule has 112 valence electrons. The smallest absolute Gasteiger partial charge is 0.267 e. The van der Waals surface area contributed by atoms with Gasteiger partial charge in [0.2, 0.25) is 0 Å². The Kier molecular flexibility index (Phi) is 7.40. The highest BCUT2D eigenvalue weighted by molar-refractivity contribution is 6.06. The molecule has 0 fully saturated rings. The van der Waals surface area contributed by atoms with Crippen LogP contribution in [0.5, 0.6) is 5.75 Å². The minimum Gasteiger partial charge on any atom is -0.508 e. The predicted octanol–water partition coefficient (Wildman–Crippen LogP) is 1.49. The molecule has 0 aliphatic heterocycles. The lowest BCUT2D eigenvalue weighted by molar-refractivity contribution is -0.112. The lowest BCUT2D eigenvalue weighted by Gasteiger charge is -2.05. The van der Waals surface area contributed by atoms with Gasteiger partial charge in [0.05, 0.1) is 0 Å². The summed E-state index contributed by atoms with van der Waals surface area (Å²) >= 11 is 0. The number of aromatic hydroxyl groups is 1. The molecule has 0 unspecified atom stereocenters. The van der Waals surface area contributed by atoms with Gasteiger partial charge < -0.3 is 20.8 Å². The third kappa shape index (κ3) is 6.45. The number of nitrogens with one attached hydrogen (secondary N) is 2. The van der Waals surface area contributed by atoms with Gasteiger partial charge in [-0.05, 0) is 31.4 Å². The zero-order valence-electron chi connectivity index (χ0n) is 11.7. The van der Waals surface area contributed by atoms with Crippen LogP contribution in [-0.2, 0) is 4.79 Å². The summed E-state index contributed by atoms with van der Waals surface area (Å²) in [6.45, 7) is 0.802. The van der Waals surface area contributed by atoms with Crippen LogP contribution in [0.4, 0.5) is 5.69 Å². The highest BCUT2D eigenvalue weighted by Gasteiger charge is 2.09. The number of aliphatic hydroxyl groups excluding tert-OH is 1. The summed E-state index contributed by atoms with van der Waals surface area (Å²) in [7, 11) is 0. The lowest BCUT2D eigenvalue weighted by atomic mass is 10.2. The number of phenolic OH excluding ortho intramolecular Hbond substituents is 1. The second kappa shape index (κ2) is 9.39.